The Hall–Kier alpha value is -4.73. The van der Waals surface area contributed by atoms with Gasteiger partial charge in [0.15, 0.2) is 11.5 Å². The molecule has 5 aromatic rings. The first-order valence-electron chi connectivity index (χ1n) is 27.7. The van der Waals surface area contributed by atoms with E-state index in [9.17, 15) is 50.3 Å². The number of methoxy groups -OCH3 is 2. The second kappa shape index (κ2) is 38.3. The van der Waals surface area contributed by atoms with Crippen LogP contribution >= 0.6 is 71.7 Å². The summed E-state index contributed by atoms with van der Waals surface area (Å²) in [5, 5.41) is 7.37. The maximum absolute atomic E-state index is 13.4. The predicted molar refractivity (Wildman–Crippen MR) is 365 cm³/mol. The molecule has 2 aromatic carbocycles. The fourth-order valence-corrected chi connectivity index (χ4v) is 7.86. The Balaban J connectivity index is 0.000000717. The van der Waals surface area contributed by atoms with E-state index in [2.05, 4.69) is 90.5 Å². The van der Waals surface area contributed by atoms with Crippen molar-refractivity contribution < 1.29 is 102 Å². The number of amides is 3. The normalized spacial score (nSPS) is 12.7. The number of nitrogens with zero attached hydrogens (tertiary/aromatic N) is 5. The van der Waals surface area contributed by atoms with E-state index in [1.54, 1.807) is 88.5 Å². The molecule has 0 aliphatic heterocycles. The van der Waals surface area contributed by atoms with Crippen molar-refractivity contribution in [2.24, 2.45) is 4.99 Å². The first kappa shape index (κ1) is 86.3. The number of benzene rings is 2. The number of aliphatic imine (C=N–C) groups is 1. The topological polar surface area (TPSA) is 260 Å². The molecule has 0 radical (unpaired) electrons. The van der Waals surface area contributed by atoms with Gasteiger partial charge in [-0.3, -0.25) is 19.4 Å². The molecule has 3 amide bonds. The Kier molecular flexibility index (Phi) is 35.5. The van der Waals surface area contributed by atoms with Gasteiger partial charge in [-0.1, -0.05) is 7.43 Å². The number of hydrogen-bond donors (Lipinski definition) is 2. The Labute approximate surface area is 580 Å². The molecule has 0 spiro atoms. The van der Waals surface area contributed by atoms with Crippen molar-refractivity contribution >= 4 is 129 Å². The summed E-state index contributed by atoms with van der Waals surface area (Å²) in [7, 11) is 5.50. The fraction of sp³-hybridized carbons (Fsp3) is 0.550. The molecule has 0 aliphatic carbocycles. The standard InChI is InChI=1S/C28H34F3N3O7.C17H17F3N2O3S.C14H28N2O5.CH4.3HI.V/c1-9-38-24(35)21-22(17(14-39-26(2,3)4)32-25(36)41-27(5,6)7)40-23(34-21)16-10-12-18(37-8)20-15(16)11-13-19(33-20)28(29,30)31;1-4-25-14(23)9-21-16(26-3)11-5-7-12(24-2)15-10(11)6-8-13(22-15)17(18,19)20;1-13(2,3)20-9-10(11(17)16(7)19-8)15-12(18)21-14(4,5)6;;;;;/h10-13,17H,9,14H2,1-8H3,(H,32,36);5-8H,4,9H2,1-3H3;10H,9H2,1-8H3,(H,15,18);1H4;3*1H;/q;;;;;;;+3/p-3/t17-;;10-;;;;;/m1.0...../s1. The van der Waals surface area contributed by atoms with Gasteiger partial charge in [0.2, 0.25) is 5.89 Å². The van der Waals surface area contributed by atoms with Crippen LogP contribution in [0.25, 0.3) is 33.3 Å². The summed E-state index contributed by atoms with van der Waals surface area (Å²) in [6.07, 6.45) is -8.96. The number of rotatable bonds is 18. The van der Waals surface area contributed by atoms with E-state index in [1.807, 2.05) is 20.8 Å². The van der Waals surface area contributed by atoms with Crippen LogP contribution < -0.4 is 20.1 Å². The summed E-state index contributed by atoms with van der Waals surface area (Å²) >= 11 is 8.66. The monoisotopic (exact) mass is 1720 g/mol. The number of fused-ring (bicyclic) bond motifs is 2. The summed E-state index contributed by atoms with van der Waals surface area (Å²) in [4.78, 5) is 81.8. The molecule has 0 fully saturated rings. The fourth-order valence-electron chi connectivity index (χ4n) is 7.27. The van der Waals surface area contributed by atoms with Crippen molar-refractivity contribution in [3.05, 3.63) is 76.9 Å². The van der Waals surface area contributed by atoms with Crippen molar-refractivity contribution in [3.63, 3.8) is 0 Å². The summed E-state index contributed by atoms with van der Waals surface area (Å²) in [6.45, 7) is 24.6. The van der Waals surface area contributed by atoms with Crippen molar-refractivity contribution in [2.45, 2.75) is 151 Å². The van der Waals surface area contributed by atoms with E-state index in [4.69, 9.17) is 47.1 Å². The summed E-state index contributed by atoms with van der Waals surface area (Å²) in [5.41, 5.74) is -4.09. The number of esters is 2. The molecule has 22 nitrogen and oxygen atoms in total. The number of halogens is 9. The van der Waals surface area contributed by atoms with Crippen LogP contribution in [0, 0.1) is 0 Å². The van der Waals surface area contributed by atoms with Gasteiger partial charge in [-0.05, 0) is 152 Å². The number of alkyl halides is 6. The third-order valence-electron chi connectivity index (χ3n) is 11.0. The van der Waals surface area contributed by atoms with Gasteiger partial charge in [-0.15, -0.1) is 11.8 Å². The second-order valence-corrected chi connectivity index (χ2v) is 59.0. The number of pyridine rings is 2. The Morgan fingerprint density at radius 3 is 1.56 bits per heavy atom. The Bertz CT molecular complexity index is 3300. The van der Waals surface area contributed by atoms with Gasteiger partial charge < -0.3 is 52.9 Å². The van der Waals surface area contributed by atoms with Crippen molar-refractivity contribution in [1.82, 2.24) is 30.6 Å². The second-order valence-electron chi connectivity index (χ2n) is 22.8. The van der Waals surface area contributed by atoms with Crippen LogP contribution in [0.2, 0.25) is 0 Å². The van der Waals surface area contributed by atoms with E-state index in [1.165, 1.54) is 70.5 Å². The molecule has 3 aromatic heterocycles. The number of ether oxygens (including phenoxy) is 8. The van der Waals surface area contributed by atoms with Crippen LogP contribution in [0.5, 0.6) is 11.5 Å². The average molecular weight is 1720 g/mol. The van der Waals surface area contributed by atoms with Crippen LogP contribution in [-0.2, 0) is 60.1 Å². The van der Waals surface area contributed by atoms with Crippen LogP contribution in [-0.4, -0.2) is 151 Å². The summed E-state index contributed by atoms with van der Waals surface area (Å²) in [5.74, 6) is -1.63. The van der Waals surface area contributed by atoms with E-state index in [0.29, 0.717) is 16.0 Å². The molecular weight excluding hydrogens is 1640 g/mol. The predicted octanol–water partition coefficient (Wildman–Crippen LogP) is 15.4. The van der Waals surface area contributed by atoms with Gasteiger partial charge in [0.1, 0.15) is 63.8 Å². The molecule has 0 unspecified atom stereocenters. The summed E-state index contributed by atoms with van der Waals surface area (Å²) in [6, 6.07) is 8.49. The number of likely N-dealkylation sites (N-methyl/N-ethyl adjacent to an activating group) is 1. The van der Waals surface area contributed by atoms with E-state index in [0.717, 1.165) is 17.2 Å². The number of hydrogen-bond acceptors (Lipinski definition) is 20. The summed E-state index contributed by atoms with van der Waals surface area (Å²) < 4.78 is 128. The molecule has 2 atom stereocenters. The SMILES string of the molecule is C.CCOC(=O)CN=C(SC)c1ccc(OC)c2nc(C(F)(F)F)ccc12.CCOC(=O)c1nc(-c2ccc(OC)c3nc(C(F)(F)F)ccc23)oc1[C@@H](COC(C)(C)C)NC(=O)OC(C)(C)C.CON(C)C(=O)[C@H](COC(C)(C)C)NC(=O)OC(C)(C)C.[I][V]([I])[I]. The van der Waals surface area contributed by atoms with Crippen molar-refractivity contribution in [1.29, 1.82) is 0 Å². The van der Waals surface area contributed by atoms with Crippen molar-refractivity contribution in [3.8, 4) is 23.0 Å². The zero-order valence-electron chi connectivity index (χ0n) is 54.4. The molecule has 522 valence electrons. The van der Waals surface area contributed by atoms with Crippen LogP contribution in [0.3, 0.4) is 0 Å². The van der Waals surface area contributed by atoms with Gasteiger partial charge in [0, 0.05) is 28.9 Å². The molecule has 0 saturated heterocycles. The molecule has 0 bridgehead atoms. The Morgan fingerprint density at radius 2 is 1.12 bits per heavy atom. The zero-order chi connectivity index (χ0) is 70.5. The van der Waals surface area contributed by atoms with E-state index >= 15 is 0 Å². The van der Waals surface area contributed by atoms with Gasteiger partial charge in [-0.2, -0.15) is 26.3 Å². The molecule has 5 rings (SSSR count). The van der Waals surface area contributed by atoms with E-state index in [-0.39, 0.29) is 96.1 Å². The molecule has 2 N–H and O–H groups in total. The minimum atomic E-state index is -4.68. The van der Waals surface area contributed by atoms with Crippen LogP contribution in [0.1, 0.15) is 144 Å². The first-order chi connectivity index (χ1) is 42.3. The quantitative estimate of drug-likeness (QED) is 0.0157. The molecule has 93 heavy (non-hydrogen) atoms. The third kappa shape index (κ3) is 30.5. The van der Waals surface area contributed by atoms with E-state index < -0.39 is 88.3 Å². The number of carbonyl (C=O) groups excluding carboxylic acids is 5. The number of carbonyl (C=O) groups is 5. The maximum atomic E-state index is 13.4. The van der Waals surface area contributed by atoms with Crippen LogP contribution in [0.4, 0.5) is 35.9 Å². The number of thioether (sulfide) groups is 1. The zero-order valence-corrected chi connectivity index (χ0v) is 63.1. The van der Waals surface area contributed by atoms with Gasteiger partial charge in [0.05, 0.1) is 64.0 Å². The van der Waals surface area contributed by atoms with Gasteiger partial charge in [-0.25, -0.2) is 34.4 Å². The third-order valence-corrected chi connectivity index (χ3v) is 11.8. The van der Waals surface area contributed by atoms with Crippen LogP contribution in [0.15, 0.2) is 57.9 Å². The molecule has 0 aliphatic rings. The number of hydroxylamine groups is 2. The first-order valence-corrected chi connectivity index (χ1v) is 42.5. The number of aromatic nitrogens is 3. The Morgan fingerprint density at radius 1 is 0.656 bits per heavy atom. The number of oxazole rings is 1. The minimum absolute atomic E-state index is 0. The average Bonchev–Trinajstić information content (AvgIpc) is 1.76. The van der Waals surface area contributed by atoms with Gasteiger partial charge >= 0.3 is 101 Å². The van der Waals surface area contributed by atoms with Gasteiger partial charge in [0.25, 0.3) is 5.91 Å². The van der Waals surface area contributed by atoms with Crippen molar-refractivity contribution in [2.75, 3.05) is 67.6 Å². The molecular formula is C60H83F6I3N7O15SV. The molecule has 3 heterocycles. The number of nitrogens with one attached hydrogen (secondary N) is 2. The number of alkyl carbamates (subject to hydrolysis) is 2. The molecule has 33 heteroatoms. The molecule has 0 saturated carbocycles.